The Morgan fingerprint density at radius 2 is 1.89 bits per heavy atom. The van der Waals surface area contributed by atoms with Crippen LogP contribution in [0.25, 0.3) is 0 Å². The molecule has 0 aromatic heterocycles. The molecule has 2 N–H and O–H groups in total. The monoisotopic (exact) mass is 402 g/mol. The molecule has 2 aromatic rings. The molecule has 1 saturated heterocycles. The van der Waals surface area contributed by atoms with Crippen molar-refractivity contribution in [3.63, 3.8) is 0 Å². The molecule has 1 heterocycles. The predicted octanol–water partition coefficient (Wildman–Crippen LogP) is 1.13. The van der Waals surface area contributed by atoms with E-state index < -0.39 is 15.9 Å². The smallest absolute Gasteiger partial charge is 0.255 e. The van der Waals surface area contributed by atoms with Crippen molar-refractivity contribution in [3.8, 4) is 0 Å². The summed E-state index contributed by atoms with van der Waals surface area (Å²) in [5, 5.41) is 5.41. The maximum Gasteiger partial charge on any atom is 0.255 e. The van der Waals surface area contributed by atoms with Crippen LogP contribution in [0.15, 0.2) is 53.4 Å². The second-order valence-electron chi connectivity index (χ2n) is 6.58. The molecule has 9 heteroatoms. The standard InChI is InChI=1S/C19H22N4O4S/c1-22(2)17-9-4-3-8-16(17)21-19(25)14-6-5-7-15(12-14)28(26,27)23-11-10-20-18(24)13-23/h3-9,12H,10-11,13H2,1-2H3,(H,20,24)(H,21,25). The van der Waals surface area contributed by atoms with Gasteiger partial charge in [0.1, 0.15) is 0 Å². The maximum atomic E-state index is 12.8. The lowest BCUT2D eigenvalue weighted by molar-refractivity contribution is -0.122. The third-order valence-corrected chi connectivity index (χ3v) is 6.21. The Hall–Kier alpha value is -2.91. The van der Waals surface area contributed by atoms with Gasteiger partial charge < -0.3 is 15.5 Å². The van der Waals surface area contributed by atoms with Crippen LogP contribution in [0, 0.1) is 0 Å². The van der Waals surface area contributed by atoms with E-state index in [9.17, 15) is 18.0 Å². The van der Waals surface area contributed by atoms with Crippen LogP contribution in [0.4, 0.5) is 11.4 Å². The predicted molar refractivity (Wildman–Crippen MR) is 107 cm³/mol. The average molecular weight is 402 g/mol. The number of benzene rings is 2. The van der Waals surface area contributed by atoms with Crippen molar-refractivity contribution in [2.75, 3.05) is 43.9 Å². The first-order valence-corrected chi connectivity index (χ1v) is 10.2. The van der Waals surface area contributed by atoms with Crippen LogP contribution >= 0.6 is 0 Å². The van der Waals surface area contributed by atoms with Gasteiger partial charge >= 0.3 is 0 Å². The first-order valence-electron chi connectivity index (χ1n) is 8.73. The lowest BCUT2D eigenvalue weighted by atomic mass is 10.2. The van der Waals surface area contributed by atoms with Gasteiger partial charge in [0.25, 0.3) is 5.91 Å². The Morgan fingerprint density at radius 3 is 2.61 bits per heavy atom. The third-order valence-electron chi connectivity index (χ3n) is 4.37. The van der Waals surface area contributed by atoms with E-state index in [4.69, 9.17) is 0 Å². The molecule has 0 radical (unpaired) electrons. The second-order valence-corrected chi connectivity index (χ2v) is 8.52. The van der Waals surface area contributed by atoms with E-state index in [0.717, 1.165) is 9.99 Å². The average Bonchev–Trinajstić information content (AvgIpc) is 2.68. The lowest BCUT2D eigenvalue weighted by Gasteiger charge is -2.26. The van der Waals surface area contributed by atoms with Crippen LogP contribution in [0.5, 0.6) is 0 Å². The van der Waals surface area contributed by atoms with Crippen LogP contribution in [0.1, 0.15) is 10.4 Å². The van der Waals surface area contributed by atoms with E-state index >= 15 is 0 Å². The Bertz CT molecular complexity index is 1000. The van der Waals surface area contributed by atoms with Gasteiger partial charge in [-0.3, -0.25) is 9.59 Å². The molecule has 1 aliphatic heterocycles. The third kappa shape index (κ3) is 4.15. The van der Waals surface area contributed by atoms with Crippen molar-refractivity contribution in [2.45, 2.75) is 4.90 Å². The van der Waals surface area contributed by atoms with Crippen LogP contribution in [0.3, 0.4) is 0 Å². The van der Waals surface area contributed by atoms with Crippen LogP contribution in [-0.2, 0) is 14.8 Å². The number of nitrogens with one attached hydrogen (secondary N) is 2. The summed E-state index contributed by atoms with van der Waals surface area (Å²) in [6.45, 7) is 0.231. The highest BCUT2D eigenvalue weighted by molar-refractivity contribution is 7.89. The Labute approximate surface area is 164 Å². The lowest BCUT2D eigenvalue weighted by Crippen LogP contribution is -2.49. The van der Waals surface area contributed by atoms with Crippen molar-refractivity contribution in [1.29, 1.82) is 0 Å². The van der Waals surface area contributed by atoms with Crippen molar-refractivity contribution in [2.24, 2.45) is 0 Å². The number of hydrogen-bond acceptors (Lipinski definition) is 5. The molecule has 2 amide bonds. The van der Waals surface area contributed by atoms with E-state index in [1.165, 1.54) is 18.2 Å². The molecule has 0 atom stereocenters. The van der Waals surface area contributed by atoms with Gasteiger partial charge in [0.2, 0.25) is 15.9 Å². The van der Waals surface area contributed by atoms with E-state index in [1.807, 2.05) is 37.2 Å². The van der Waals surface area contributed by atoms with Crippen molar-refractivity contribution < 1.29 is 18.0 Å². The quantitative estimate of drug-likeness (QED) is 0.781. The summed E-state index contributed by atoms with van der Waals surface area (Å²) < 4.78 is 26.7. The number of para-hydroxylation sites is 2. The van der Waals surface area contributed by atoms with E-state index in [0.29, 0.717) is 5.69 Å². The number of amides is 2. The van der Waals surface area contributed by atoms with Gasteiger partial charge in [0, 0.05) is 32.7 Å². The van der Waals surface area contributed by atoms with Crippen LogP contribution in [0.2, 0.25) is 0 Å². The van der Waals surface area contributed by atoms with Crippen molar-refractivity contribution >= 4 is 33.2 Å². The van der Waals surface area contributed by atoms with Crippen LogP contribution in [-0.4, -0.2) is 58.3 Å². The second kappa shape index (κ2) is 7.99. The summed E-state index contributed by atoms with van der Waals surface area (Å²) in [6.07, 6.45) is 0. The summed E-state index contributed by atoms with van der Waals surface area (Å²) >= 11 is 0. The highest BCUT2D eigenvalue weighted by atomic mass is 32.2. The first kappa shape index (κ1) is 19.8. The molecule has 148 valence electrons. The zero-order valence-corrected chi connectivity index (χ0v) is 16.5. The molecule has 28 heavy (non-hydrogen) atoms. The van der Waals surface area contributed by atoms with E-state index in [2.05, 4.69) is 10.6 Å². The van der Waals surface area contributed by atoms with Gasteiger partial charge in [0.15, 0.2) is 0 Å². The minimum Gasteiger partial charge on any atom is -0.376 e. The number of rotatable bonds is 5. The molecule has 2 aromatic carbocycles. The minimum atomic E-state index is -3.86. The maximum absolute atomic E-state index is 12.8. The largest absolute Gasteiger partial charge is 0.376 e. The number of nitrogens with zero attached hydrogens (tertiary/aromatic N) is 2. The molecule has 0 aliphatic carbocycles. The number of piperazine rings is 1. The molecule has 3 rings (SSSR count). The van der Waals surface area contributed by atoms with Gasteiger partial charge in [-0.15, -0.1) is 0 Å². The molecule has 1 fully saturated rings. The van der Waals surface area contributed by atoms with Crippen LogP contribution < -0.4 is 15.5 Å². The summed E-state index contributed by atoms with van der Waals surface area (Å²) in [7, 11) is -0.125. The van der Waals surface area contributed by atoms with Crippen molar-refractivity contribution in [1.82, 2.24) is 9.62 Å². The summed E-state index contributed by atoms with van der Waals surface area (Å²) in [4.78, 5) is 26.1. The number of anilines is 2. The summed E-state index contributed by atoms with van der Waals surface area (Å²) in [5.74, 6) is -0.758. The normalized spacial score (nSPS) is 15.0. The molecule has 1 aliphatic rings. The fourth-order valence-electron chi connectivity index (χ4n) is 2.93. The highest BCUT2D eigenvalue weighted by Crippen LogP contribution is 2.25. The number of hydrogen-bond donors (Lipinski definition) is 2. The molecule has 0 bridgehead atoms. The zero-order chi connectivity index (χ0) is 20.3. The number of sulfonamides is 1. The Morgan fingerprint density at radius 1 is 1.14 bits per heavy atom. The van der Waals surface area contributed by atoms with Gasteiger partial charge in [-0.1, -0.05) is 18.2 Å². The van der Waals surface area contributed by atoms with Gasteiger partial charge in [-0.05, 0) is 30.3 Å². The van der Waals surface area contributed by atoms with E-state index in [1.54, 1.807) is 12.1 Å². The molecule has 8 nitrogen and oxygen atoms in total. The van der Waals surface area contributed by atoms with Crippen molar-refractivity contribution in [3.05, 3.63) is 54.1 Å². The Kier molecular flexibility index (Phi) is 5.66. The molecule has 0 spiro atoms. The highest BCUT2D eigenvalue weighted by Gasteiger charge is 2.29. The van der Waals surface area contributed by atoms with Gasteiger partial charge in [-0.2, -0.15) is 4.31 Å². The number of carbonyl (C=O) groups excluding carboxylic acids is 2. The fraction of sp³-hybridized carbons (Fsp3) is 0.263. The fourth-order valence-corrected chi connectivity index (χ4v) is 4.37. The summed E-state index contributed by atoms with van der Waals surface area (Å²) in [6, 6.07) is 13.1. The molecular weight excluding hydrogens is 380 g/mol. The first-order chi connectivity index (χ1) is 13.3. The summed E-state index contributed by atoms with van der Waals surface area (Å²) in [5.41, 5.74) is 1.67. The minimum absolute atomic E-state index is 0.0178. The van der Waals surface area contributed by atoms with E-state index in [-0.39, 0.29) is 36.0 Å². The van der Waals surface area contributed by atoms with Gasteiger partial charge in [-0.25, -0.2) is 8.42 Å². The SMILES string of the molecule is CN(C)c1ccccc1NC(=O)c1cccc(S(=O)(=O)N2CCNC(=O)C2)c1. The molecule has 0 saturated carbocycles. The topological polar surface area (TPSA) is 98.8 Å². The molecular formula is C19H22N4O4S. The zero-order valence-electron chi connectivity index (χ0n) is 15.7. The number of carbonyl (C=O) groups is 2. The molecule has 0 unspecified atom stereocenters. The Balaban J connectivity index is 1.85. The van der Waals surface area contributed by atoms with Gasteiger partial charge in [0.05, 0.1) is 22.8 Å².